The summed E-state index contributed by atoms with van der Waals surface area (Å²) < 4.78 is 7.38. The van der Waals surface area contributed by atoms with Gasteiger partial charge in [-0.2, -0.15) is 5.10 Å². The predicted molar refractivity (Wildman–Crippen MR) is 119 cm³/mol. The number of aromatic hydroxyl groups is 1. The number of aromatic nitrogens is 3. The Morgan fingerprint density at radius 3 is 2.77 bits per heavy atom. The van der Waals surface area contributed by atoms with Crippen molar-refractivity contribution in [3.63, 3.8) is 0 Å². The zero-order chi connectivity index (χ0) is 22.0. The minimum Gasteiger partial charge on any atom is -0.507 e. The van der Waals surface area contributed by atoms with Crippen LogP contribution in [-0.4, -0.2) is 45.0 Å². The van der Waals surface area contributed by atoms with Crippen LogP contribution in [0.3, 0.4) is 0 Å². The van der Waals surface area contributed by atoms with Gasteiger partial charge in [0.15, 0.2) is 5.65 Å². The fraction of sp³-hybridized carbons (Fsp3) is 0.435. The number of nitrogens with zero attached hydrogens (tertiary/aromatic N) is 3. The van der Waals surface area contributed by atoms with E-state index in [1.54, 1.807) is 12.1 Å². The fourth-order valence-electron chi connectivity index (χ4n) is 4.00. The van der Waals surface area contributed by atoms with Crippen molar-refractivity contribution in [3.05, 3.63) is 46.8 Å². The highest BCUT2D eigenvalue weighted by molar-refractivity contribution is 5.97. The number of anilines is 1. The Morgan fingerprint density at radius 1 is 1.29 bits per heavy atom. The van der Waals surface area contributed by atoms with Gasteiger partial charge in [-0.15, -0.1) is 0 Å². The molecule has 0 radical (unpaired) electrons. The molecule has 1 aliphatic rings. The van der Waals surface area contributed by atoms with E-state index < -0.39 is 0 Å². The summed E-state index contributed by atoms with van der Waals surface area (Å²) in [6.07, 6.45) is 3.69. The third-order valence-corrected chi connectivity index (χ3v) is 5.79. The van der Waals surface area contributed by atoms with Gasteiger partial charge in [0.05, 0.1) is 22.8 Å². The molecule has 1 aromatic carbocycles. The second-order valence-electron chi connectivity index (χ2n) is 7.98. The number of amides is 1. The minimum atomic E-state index is -0.321. The van der Waals surface area contributed by atoms with E-state index in [4.69, 9.17) is 9.72 Å². The first-order valence-corrected chi connectivity index (χ1v) is 10.7. The second kappa shape index (κ2) is 8.93. The van der Waals surface area contributed by atoms with Crippen molar-refractivity contribution in [1.29, 1.82) is 0 Å². The predicted octanol–water partition coefficient (Wildman–Crippen LogP) is 3.29. The second-order valence-corrected chi connectivity index (χ2v) is 7.98. The third kappa shape index (κ3) is 4.34. The van der Waals surface area contributed by atoms with Gasteiger partial charge in [0.2, 0.25) is 0 Å². The lowest BCUT2D eigenvalue weighted by Crippen LogP contribution is -2.30. The molecular formula is C23H29N5O3. The van der Waals surface area contributed by atoms with Crippen LogP contribution in [0.4, 0.5) is 5.69 Å². The number of phenols is 1. The number of pyridine rings is 1. The molecule has 3 N–H and O–H groups in total. The highest BCUT2D eigenvalue weighted by Gasteiger charge is 2.21. The highest BCUT2D eigenvalue weighted by atomic mass is 16.5. The fourth-order valence-corrected chi connectivity index (χ4v) is 4.00. The number of aryl methyl sites for hydroxylation is 3. The van der Waals surface area contributed by atoms with Crippen molar-refractivity contribution >= 4 is 22.6 Å². The van der Waals surface area contributed by atoms with E-state index in [2.05, 4.69) is 15.7 Å². The van der Waals surface area contributed by atoms with E-state index in [9.17, 15) is 9.90 Å². The van der Waals surface area contributed by atoms with E-state index in [0.29, 0.717) is 12.6 Å². The molecule has 1 aliphatic heterocycles. The first-order valence-electron chi connectivity index (χ1n) is 10.7. The molecule has 31 heavy (non-hydrogen) atoms. The number of benzene rings is 1. The zero-order valence-electron chi connectivity index (χ0n) is 18.2. The van der Waals surface area contributed by atoms with Crippen LogP contribution in [0, 0.1) is 13.8 Å². The number of carbonyl (C=O) groups is 1. The first-order chi connectivity index (χ1) is 15.0. The molecule has 164 valence electrons. The molecular weight excluding hydrogens is 394 g/mol. The molecule has 0 saturated carbocycles. The number of fused-ring (bicyclic) bond motifs is 1. The van der Waals surface area contributed by atoms with Crippen molar-refractivity contribution in [2.75, 3.05) is 18.5 Å². The molecule has 8 nitrogen and oxygen atoms in total. The van der Waals surface area contributed by atoms with E-state index in [1.165, 1.54) is 0 Å². The van der Waals surface area contributed by atoms with Crippen molar-refractivity contribution in [2.45, 2.75) is 52.7 Å². The Hall–Kier alpha value is -3.13. The summed E-state index contributed by atoms with van der Waals surface area (Å²) in [5.41, 5.74) is 4.72. The topological polar surface area (TPSA) is 101 Å². The third-order valence-electron chi connectivity index (χ3n) is 5.79. The Bertz CT molecular complexity index is 1100. The molecule has 0 bridgehead atoms. The summed E-state index contributed by atoms with van der Waals surface area (Å²) in [5, 5.41) is 22.2. The summed E-state index contributed by atoms with van der Waals surface area (Å²) >= 11 is 0. The number of rotatable bonds is 6. The highest BCUT2D eigenvalue weighted by Crippen LogP contribution is 2.30. The van der Waals surface area contributed by atoms with E-state index in [-0.39, 0.29) is 17.2 Å². The van der Waals surface area contributed by atoms with Crippen LogP contribution in [0.5, 0.6) is 5.75 Å². The molecule has 0 spiro atoms. The molecule has 1 fully saturated rings. The first kappa shape index (κ1) is 21.1. The number of hydrogen-bond acceptors (Lipinski definition) is 6. The average molecular weight is 424 g/mol. The maximum atomic E-state index is 12.7. The van der Waals surface area contributed by atoms with Crippen LogP contribution >= 0.6 is 0 Å². The SMILES string of the molecule is CCn1ncc2c(NC3CCOCC3)c(CNC(=O)c3ccc(C)cc3O)c(C)nc21. The van der Waals surface area contributed by atoms with Gasteiger partial charge in [-0.3, -0.25) is 4.79 Å². The maximum absolute atomic E-state index is 12.7. The molecule has 3 heterocycles. The van der Waals surface area contributed by atoms with Crippen molar-refractivity contribution in [3.8, 4) is 5.75 Å². The monoisotopic (exact) mass is 423 g/mol. The van der Waals surface area contributed by atoms with E-state index in [1.807, 2.05) is 37.7 Å². The lowest BCUT2D eigenvalue weighted by Gasteiger charge is -2.26. The van der Waals surface area contributed by atoms with Gasteiger partial charge in [0.25, 0.3) is 5.91 Å². The molecule has 3 aromatic rings. The summed E-state index contributed by atoms with van der Waals surface area (Å²) in [6.45, 7) is 8.36. The Morgan fingerprint density at radius 2 is 2.06 bits per heavy atom. The van der Waals surface area contributed by atoms with Gasteiger partial charge < -0.3 is 20.5 Å². The lowest BCUT2D eigenvalue weighted by atomic mass is 10.0. The Kier molecular flexibility index (Phi) is 6.08. The summed E-state index contributed by atoms with van der Waals surface area (Å²) in [7, 11) is 0. The molecule has 1 saturated heterocycles. The van der Waals surface area contributed by atoms with Gasteiger partial charge in [-0.05, 0) is 51.3 Å². The quantitative estimate of drug-likeness (QED) is 0.562. The smallest absolute Gasteiger partial charge is 0.255 e. The molecule has 4 rings (SSSR count). The van der Waals surface area contributed by atoms with Crippen LogP contribution in [0.1, 0.15) is 46.9 Å². The largest absolute Gasteiger partial charge is 0.507 e. The Labute approximate surface area is 181 Å². The number of nitrogens with one attached hydrogen (secondary N) is 2. The van der Waals surface area contributed by atoms with Crippen molar-refractivity contribution in [2.24, 2.45) is 0 Å². The van der Waals surface area contributed by atoms with Gasteiger partial charge >= 0.3 is 0 Å². The summed E-state index contributed by atoms with van der Waals surface area (Å²) in [6, 6.07) is 5.33. The Balaban J connectivity index is 1.66. The standard InChI is InChI=1S/C23H29N5O3/c1-4-28-22-19(13-25-28)21(27-16-7-9-31-10-8-16)18(15(3)26-22)12-24-23(30)17-6-5-14(2)11-20(17)29/h5-6,11,13,16,29H,4,7-10,12H2,1-3H3,(H,24,30)(H,26,27). The number of hydrogen-bond donors (Lipinski definition) is 3. The van der Waals surface area contributed by atoms with Gasteiger partial charge in [-0.25, -0.2) is 9.67 Å². The zero-order valence-corrected chi connectivity index (χ0v) is 18.2. The molecule has 8 heteroatoms. The van der Waals surface area contributed by atoms with Crippen LogP contribution < -0.4 is 10.6 Å². The van der Waals surface area contributed by atoms with Crippen LogP contribution in [0.15, 0.2) is 24.4 Å². The van der Waals surface area contributed by atoms with Crippen LogP contribution in [0.2, 0.25) is 0 Å². The summed E-state index contributed by atoms with van der Waals surface area (Å²) in [4.78, 5) is 17.5. The van der Waals surface area contributed by atoms with Crippen LogP contribution in [0.25, 0.3) is 11.0 Å². The molecule has 0 aliphatic carbocycles. The van der Waals surface area contributed by atoms with Crippen LogP contribution in [-0.2, 0) is 17.8 Å². The molecule has 0 atom stereocenters. The number of carbonyl (C=O) groups excluding carboxylic acids is 1. The molecule has 0 unspecified atom stereocenters. The van der Waals surface area contributed by atoms with Gasteiger partial charge in [0.1, 0.15) is 5.75 Å². The van der Waals surface area contributed by atoms with Gasteiger partial charge in [0, 0.05) is 43.6 Å². The van der Waals surface area contributed by atoms with Gasteiger partial charge in [-0.1, -0.05) is 6.07 Å². The maximum Gasteiger partial charge on any atom is 0.255 e. The number of ether oxygens (including phenoxy) is 1. The van der Waals surface area contributed by atoms with E-state index in [0.717, 1.165) is 66.1 Å². The van der Waals surface area contributed by atoms with Crippen molar-refractivity contribution < 1.29 is 14.6 Å². The van der Waals surface area contributed by atoms with Crippen molar-refractivity contribution in [1.82, 2.24) is 20.1 Å². The molecule has 1 amide bonds. The lowest BCUT2D eigenvalue weighted by molar-refractivity contribution is 0.0904. The van der Waals surface area contributed by atoms with E-state index >= 15 is 0 Å². The minimum absolute atomic E-state index is 0.0208. The normalized spacial score (nSPS) is 14.7. The average Bonchev–Trinajstić information content (AvgIpc) is 3.16. The number of phenolic OH excluding ortho intramolecular Hbond substituents is 1. The molecule has 2 aromatic heterocycles. The summed E-state index contributed by atoms with van der Waals surface area (Å²) in [5.74, 6) is -0.342.